The number of aryl methyl sites for hydroxylation is 1. The molecule has 3 aromatic carbocycles. The van der Waals surface area contributed by atoms with E-state index in [-0.39, 0.29) is 5.63 Å². The fourth-order valence-corrected chi connectivity index (χ4v) is 4.72. The zero-order chi connectivity index (χ0) is 23.1. The molecule has 1 N–H and O–H groups in total. The van der Waals surface area contributed by atoms with Crippen LogP contribution >= 0.6 is 23.2 Å². The predicted molar refractivity (Wildman–Crippen MR) is 130 cm³/mol. The molecule has 0 saturated carbocycles. The van der Waals surface area contributed by atoms with Gasteiger partial charge in [-0.1, -0.05) is 41.4 Å². The summed E-state index contributed by atoms with van der Waals surface area (Å²) in [6.07, 6.45) is 0. The van der Waals surface area contributed by atoms with E-state index in [0.29, 0.717) is 22.4 Å². The van der Waals surface area contributed by atoms with Crippen molar-refractivity contribution in [3.8, 4) is 22.6 Å². The molecule has 0 radical (unpaired) electrons. The van der Waals surface area contributed by atoms with Crippen molar-refractivity contribution >= 4 is 34.2 Å². The molecule has 0 spiro atoms. The van der Waals surface area contributed by atoms with E-state index in [2.05, 4.69) is 6.07 Å². The van der Waals surface area contributed by atoms with Gasteiger partial charge >= 0.3 is 5.63 Å². The smallest absolute Gasteiger partial charge is 0.336 e. The second-order valence-electron chi connectivity index (χ2n) is 8.21. The zero-order valence-electron chi connectivity index (χ0n) is 18.2. The lowest BCUT2D eigenvalue weighted by Crippen LogP contribution is -3.10. The van der Waals surface area contributed by atoms with Crippen LogP contribution < -0.4 is 20.0 Å². The standard InChI is InChI=1S/C26H21Cl2NO4/c1-15-25-18(13-29(14-32-25)12-16-3-8-22(27)23(28)9-16)10-21-20(11-24(30)33-26(15)21)17-4-6-19(31-2)7-5-17/h3-11H,12-14H2,1-2H3/p+1. The Kier molecular flexibility index (Phi) is 5.79. The van der Waals surface area contributed by atoms with E-state index in [1.165, 1.54) is 4.90 Å². The quantitative estimate of drug-likeness (QED) is 0.415. The van der Waals surface area contributed by atoms with Crippen LogP contribution in [-0.4, -0.2) is 13.8 Å². The van der Waals surface area contributed by atoms with Crippen molar-refractivity contribution in [2.75, 3.05) is 13.8 Å². The van der Waals surface area contributed by atoms with Crippen LogP contribution in [0.3, 0.4) is 0 Å². The van der Waals surface area contributed by atoms with Crippen LogP contribution in [0.15, 0.2) is 63.8 Å². The number of benzene rings is 3. The van der Waals surface area contributed by atoms with Gasteiger partial charge in [-0.05, 0) is 48.4 Å². The van der Waals surface area contributed by atoms with Gasteiger partial charge in [0.1, 0.15) is 30.2 Å². The van der Waals surface area contributed by atoms with Gasteiger partial charge in [0.25, 0.3) is 0 Å². The van der Waals surface area contributed by atoms with Gasteiger partial charge in [-0.25, -0.2) is 4.79 Å². The van der Waals surface area contributed by atoms with Gasteiger partial charge in [0.2, 0.25) is 6.73 Å². The maximum Gasteiger partial charge on any atom is 0.336 e. The SMILES string of the molecule is COc1ccc(-c2cc(=O)oc3c(C)c4c(cc23)C[NH+](Cc2ccc(Cl)c(Cl)c2)CO4)cc1. The second-order valence-corrected chi connectivity index (χ2v) is 9.03. The molecular formula is C26H22Cl2NO4+. The lowest BCUT2D eigenvalue weighted by atomic mass is 9.96. The maximum atomic E-state index is 12.4. The van der Waals surface area contributed by atoms with Crippen LogP contribution in [0.4, 0.5) is 0 Å². The Labute approximate surface area is 201 Å². The first-order valence-corrected chi connectivity index (χ1v) is 11.3. The molecule has 168 valence electrons. The van der Waals surface area contributed by atoms with Gasteiger partial charge in [-0.3, -0.25) is 4.90 Å². The maximum absolute atomic E-state index is 12.4. The third-order valence-corrected chi connectivity index (χ3v) is 6.73. The monoisotopic (exact) mass is 482 g/mol. The highest BCUT2D eigenvalue weighted by molar-refractivity contribution is 6.42. The Balaban J connectivity index is 1.55. The number of quaternary nitrogens is 1. The van der Waals surface area contributed by atoms with Crippen LogP contribution in [0.5, 0.6) is 11.5 Å². The summed E-state index contributed by atoms with van der Waals surface area (Å²) in [5.41, 5.74) is 4.91. The molecule has 1 aromatic heterocycles. The van der Waals surface area contributed by atoms with Crippen molar-refractivity contribution in [1.29, 1.82) is 0 Å². The lowest BCUT2D eigenvalue weighted by Gasteiger charge is -2.28. The van der Waals surface area contributed by atoms with Crippen molar-refractivity contribution in [2.24, 2.45) is 0 Å². The minimum absolute atomic E-state index is 0.390. The highest BCUT2D eigenvalue weighted by Gasteiger charge is 2.26. The topological polar surface area (TPSA) is 53.1 Å². The average Bonchev–Trinajstić information content (AvgIpc) is 2.82. The van der Waals surface area contributed by atoms with E-state index in [9.17, 15) is 4.79 Å². The lowest BCUT2D eigenvalue weighted by molar-refractivity contribution is -0.945. The van der Waals surface area contributed by atoms with E-state index >= 15 is 0 Å². The summed E-state index contributed by atoms with van der Waals surface area (Å²) in [6.45, 7) is 3.96. The first kappa shape index (κ1) is 21.8. The van der Waals surface area contributed by atoms with E-state index in [1.54, 1.807) is 13.2 Å². The fourth-order valence-electron chi connectivity index (χ4n) is 4.40. The predicted octanol–water partition coefficient (Wildman–Crippen LogP) is 5.02. The Hall–Kier alpha value is -2.99. The van der Waals surface area contributed by atoms with Gasteiger partial charge in [0, 0.05) is 28.1 Å². The first-order chi connectivity index (χ1) is 15.9. The molecule has 33 heavy (non-hydrogen) atoms. The molecule has 1 unspecified atom stereocenters. The number of fused-ring (bicyclic) bond motifs is 2. The molecule has 0 aliphatic carbocycles. The molecule has 1 aliphatic rings. The molecule has 0 saturated heterocycles. The van der Waals surface area contributed by atoms with E-state index in [4.69, 9.17) is 37.1 Å². The van der Waals surface area contributed by atoms with Gasteiger partial charge in [-0.2, -0.15) is 0 Å². The number of nitrogens with one attached hydrogen (secondary N) is 1. The van der Waals surface area contributed by atoms with Crippen molar-refractivity contribution in [2.45, 2.75) is 20.0 Å². The minimum atomic E-state index is -0.390. The molecule has 1 atom stereocenters. The molecule has 5 rings (SSSR count). The highest BCUT2D eigenvalue weighted by Crippen LogP contribution is 2.37. The number of methoxy groups -OCH3 is 1. The molecule has 0 amide bonds. The van der Waals surface area contributed by atoms with Crippen LogP contribution in [0.2, 0.25) is 10.0 Å². The summed E-state index contributed by atoms with van der Waals surface area (Å²) >= 11 is 12.2. The van der Waals surface area contributed by atoms with E-state index in [1.807, 2.05) is 49.4 Å². The van der Waals surface area contributed by atoms with Crippen LogP contribution in [0.1, 0.15) is 16.7 Å². The molecule has 7 heteroatoms. The van der Waals surface area contributed by atoms with Crippen molar-refractivity contribution < 1.29 is 18.8 Å². The van der Waals surface area contributed by atoms with Gasteiger partial charge in [0.05, 0.1) is 17.2 Å². The molecule has 0 bridgehead atoms. The van der Waals surface area contributed by atoms with Gasteiger partial charge in [-0.15, -0.1) is 0 Å². The fraction of sp³-hybridized carbons (Fsp3) is 0.192. The summed E-state index contributed by atoms with van der Waals surface area (Å²) in [7, 11) is 1.63. The first-order valence-electron chi connectivity index (χ1n) is 10.6. The number of rotatable bonds is 4. The van der Waals surface area contributed by atoms with Gasteiger partial charge < -0.3 is 13.9 Å². The average molecular weight is 483 g/mol. The third kappa shape index (κ3) is 4.20. The summed E-state index contributed by atoms with van der Waals surface area (Å²) < 4.78 is 17.0. The Bertz CT molecular complexity index is 1410. The van der Waals surface area contributed by atoms with Crippen molar-refractivity contribution in [1.82, 2.24) is 0 Å². The van der Waals surface area contributed by atoms with E-state index < -0.39 is 0 Å². The second kappa shape index (κ2) is 8.75. The van der Waals surface area contributed by atoms with Crippen molar-refractivity contribution in [3.63, 3.8) is 0 Å². The largest absolute Gasteiger partial charge is 0.497 e. The molecule has 5 nitrogen and oxygen atoms in total. The van der Waals surface area contributed by atoms with Gasteiger partial charge in [0.15, 0.2) is 0 Å². The third-order valence-electron chi connectivity index (χ3n) is 5.99. The molecular weight excluding hydrogens is 461 g/mol. The molecule has 2 heterocycles. The molecule has 1 aliphatic heterocycles. The Morgan fingerprint density at radius 1 is 1.03 bits per heavy atom. The van der Waals surface area contributed by atoms with Crippen molar-refractivity contribution in [3.05, 3.63) is 91.8 Å². The summed E-state index contributed by atoms with van der Waals surface area (Å²) in [4.78, 5) is 13.6. The van der Waals surface area contributed by atoms with E-state index in [0.717, 1.165) is 57.8 Å². The Morgan fingerprint density at radius 2 is 1.82 bits per heavy atom. The molecule has 0 fully saturated rings. The van der Waals surface area contributed by atoms with Crippen LogP contribution in [0.25, 0.3) is 22.1 Å². The number of halogens is 2. The normalized spacial score (nSPS) is 15.2. The minimum Gasteiger partial charge on any atom is -0.497 e. The molecule has 4 aromatic rings. The summed E-state index contributed by atoms with van der Waals surface area (Å²) in [6, 6.07) is 17.0. The number of hydrogen-bond acceptors (Lipinski definition) is 4. The summed E-state index contributed by atoms with van der Waals surface area (Å²) in [5, 5.41) is 1.98. The summed E-state index contributed by atoms with van der Waals surface area (Å²) in [5.74, 6) is 1.55. The van der Waals surface area contributed by atoms with Crippen LogP contribution in [-0.2, 0) is 13.1 Å². The zero-order valence-corrected chi connectivity index (χ0v) is 19.7. The highest BCUT2D eigenvalue weighted by atomic mass is 35.5. The number of ether oxygens (including phenoxy) is 2. The van der Waals surface area contributed by atoms with Crippen LogP contribution in [0, 0.1) is 6.92 Å². The Morgan fingerprint density at radius 3 is 2.55 bits per heavy atom. The number of hydrogen-bond donors (Lipinski definition) is 1.